The second-order valence-electron chi connectivity index (χ2n) is 8.85. The third-order valence-electron chi connectivity index (χ3n) is 6.21. The van der Waals surface area contributed by atoms with Crippen LogP contribution in [0, 0.1) is 5.82 Å². The minimum atomic E-state index is -0.536. The molecule has 0 aliphatic carbocycles. The number of aromatic nitrogens is 3. The molecule has 0 saturated carbocycles. The molecule has 4 heterocycles. The number of carbonyl (C=O) groups is 1. The normalized spacial score (nSPS) is 15.8. The van der Waals surface area contributed by atoms with E-state index in [4.69, 9.17) is 16.3 Å². The number of hydrazine groups is 1. The summed E-state index contributed by atoms with van der Waals surface area (Å²) < 4.78 is 19.5. The second-order valence-corrected chi connectivity index (χ2v) is 9.28. The second kappa shape index (κ2) is 11.6. The number of nitrogens with zero attached hydrogens (tertiary/aromatic N) is 5. The molecule has 0 unspecified atom stereocenters. The van der Waals surface area contributed by atoms with Crippen molar-refractivity contribution in [2.24, 2.45) is 0 Å². The van der Waals surface area contributed by atoms with E-state index < -0.39 is 11.7 Å². The van der Waals surface area contributed by atoms with Crippen molar-refractivity contribution in [2.45, 2.75) is 19.3 Å². The number of pyridine rings is 1. The molecule has 2 fully saturated rings. The number of ether oxygens (including phenoxy) is 1. The summed E-state index contributed by atoms with van der Waals surface area (Å²) in [6, 6.07) is 9.25. The summed E-state index contributed by atoms with van der Waals surface area (Å²) in [4.78, 5) is 29.0. The van der Waals surface area contributed by atoms with Gasteiger partial charge in [-0.25, -0.2) is 14.4 Å². The number of nitrogens with one attached hydrogen (secondary N) is 3. The average molecular weight is 527 g/mol. The lowest BCUT2D eigenvalue weighted by atomic mass is 10.1. The highest BCUT2D eigenvalue weighted by atomic mass is 35.5. The minimum absolute atomic E-state index is 0.0694. The van der Waals surface area contributed by atoms with Gasteiger partial charge in [0.25, 0.3) is 5.91 Å². The van der Waals surface area contributed by atoms with Gasteiger partial charge in [-0.1, -0.05) is 11.6 Å². The van der Waals surface area contributed by atoms with Crippen LogP contribution in [0.2, 0.25) is 5.02 Å². The van der Waals surface area contributed by atoms with E-state index in [1.807, 2.05) is 12.1 Å². The molecule has 3 aromatic rings. The maximum absolute atomic E-state index is 14.2. The van der Waals surface area contributed by atoms with Gasteiger partial charge in [-0.2, -0.15) is 4.98 Å². The molecule has 2 aromatic heterocycles. The Kier molecular flexibility index (Phi) is 7.81. The molecule has 3 N–H and O–H groups in total. The van der Waals surface area contributed by atoms with Gasteiger partial charge in [-0.15, -0.1) is 0 Å². The Labute approximate surface area is 219 Å². The van der Waals surface area contributed by atoms with E-state index in [-0.39, 0.29) is 17.5 Å². The van der Waals surface area contributed by atoms with E-state index in [9.17, 15) is 9.18 Å². The number of halogens is 2. The zero-order chi connectivity index (χ0) is 25.6. The molecule has 2 aliphatic heterocycles. The van der Waals surface area contributed by atoms with Crippen molar-refractivity contribution in [2.75, 3.05) is 59.9 Å². The zero-order valence-corrected chi connectivity index (χ0v) is 21.0. The molecule has 0 spiro atoms. The molecular weight excluding hydrogens is 499 g/mol. The van der Waals surface area contributed by atoms with Crippen molar-refractivity contribution >= 4 is 46.3 Å². The van der Waals surface area contributed by atoms with Crippen molar-refractivity contribution in [3.05, 3.63) is 59.3 Å². The quantitative estimate of drug-likeness (QED) is 0.394. The number of carbonyl (C=O) groups excluding carboxylic acids is 1. The number of benzene rings is 1. The molecule has 1 aromatic carbocycles. The van der Waals surface area contributed by atoms with E-state index in [1.165, 1.54) is 19.3 Å². The Balaban J connectivity index is 1.19. The van der Waals surface area contributed by atoms with Crippen molar-refractivity contribution in [1.82, 2.24) is 20.4 Å². The minimum Gasteiger partial charge on any atom is -0.378 e. The van der Waals surface area contributed by atoms with Crippen molar-refractivity contribution in [3.8, 4) is 0 Å². The number of amides is 1. The summed E-state index contributed by atoms with van der Waals surface area (Å²) in [6.45, 7) is 4.09. The topological polar surface area (TPSA) is 108 Å². The molecule has 2 aliphatic rings. The number of rotatable bonds is 7. The summed E-state index contributed by atoms with van der Waals surface area (Å²) in [7, 11) is 0. The first kappa shape index (κ1) is 25.0. The summed E-state index contributed by atoms with van der Waals surface area (Å²) >= 11 is 6.37. The Morgan fingerprint density at radius 2 is 1.76 bits per heavy atom. The van der Waals surface area contributed by atoms with Crippen LogP contribution >= 0.6 is 11.6 Å². The molecule has 194 valence electrons. The molecular formula is C25H28ClFN8O2. The van der Waals surface area contributed by atoms with Crippen LogP contribution in [0.15, 0.2) is 42.7 Å². The fourth-order valence-corrected chi connectivity index (χ4v) is 4.57. The van der Waals surface area contributed by atoms with E-state index in [2.05, 4.69) is 42.1 Å². The average Bonchev–Trinajstić information content (AvgIpc) is 2.93. The van der Waals surface area contributed by atoms with Crippen LogP contribution in [0.3, 0.4) is 0 Å². The van der Waals surface area contributed by atoms with Crippen LogP contribution in [-0.2, 0) is 4.74 Å². The highest BCUT2D eigenvalue weighted by Crippen LogP contribution is 2.29. The molecule has 1 amide bonds. The van der Waals surface area contributed by atoms with Gasteiger partial charge in [-0.3, -0.25) is 15.6 Å². The van der Waals surface area contributed by atoms with Crippen LogP contribution < -0.4 is 26.0 Å². The van der Waals surface area contributed by atoms with E-state index in [0.717, 1.165) is 30.7 Å². The molecule has 10 nitrogen and oxygen atoms in total. The number of piperidine rings is 1. The molecule has 37 heavy (non-hydrogen) atoms. The van der Waals surface area contributed by atoms with Gasteiger partial charge in [0.1, 0.15) is 5.69 Å². The molecule has 5 rings (SSSR count). The molecule has 0 bridgehead atoms. The number of anilines is 5. The first-order valence-corrected chi connectivity index (χ1v) is 12.6. The van der Waals surface area contributed by atoms with Gasteiger partial charge in [0.2, 0.25) is 5.95 Å². The highest BCUT2D eigenvalue weighted by Gasteiger charge is 2.18. The summed E-state index contributed by atoms with van der Waals surface area (Å²) in [6.07, 6.45) is 6.26. The van der Waals surface area contributed by atoms with Crippen LogP contribution in [0.1, 0.15) is 29.8 Å². The Bertz CT molecular complexity index is 1230. The number of hydrogen-bond acceptors (Lipinski definition) is 9. The zero-order valence-electron chi connectivity index (χ0n) is 20.2. The monoisotopic (exact) mass is 526 g/mol. The molecule has 2 saturated heterocycles. The molecule has 0 radical (unpaired) electrons. The fraction of sp³-hybridized carbons (Fsp3) is 0.360. The lowest BCUT2D eigenvalue weighted by molar-refractivity contribution is 0.0957. The van der Waals surface area contributed by atoms with Crippen LogP contribution in [0.4, 0.5) is 33.2 Å². The number of morpholine rings is 1. The van der Waals surface area contributed by atoms with Crippen molar-refractivity contribution < 1.29 is 13.9 Å². The third kappa shape index (κ3) is 6.36. The van der Waals surface area contributed by atoms with Crippen LogP contribution in [0.25, 0.3) is 0 Å². The molecule has 0 atom stereocenters. The van der Waals surface area contributed by atoms with Gasteiger partial charge in [0.05, 0.1) is 31.3 Å². The maximum atomic E-state index is 14.2. The smallest absolute Gasteiger partial charge is 0.288 e. The third-order valence-corrected chi connectivity index (χ3v) is 6.43. The lowest BCUT2D eigenvalue weighted by Gasteiger charge is -2.29. The first-order valence-electron chi connectivity index (χ1n) is 12.3. The Hall–Kier alpha value is -3.70. The highest BCUT2D eigenvalue weighted by molar-refractivity contribution is 6.31. The molecule has 12 heteroatoms. The SMILES string of the molecule is O=C(NNc1ncc(F)c(N2CCOCC2)n1)c1ccc(Nc2cc(Cl)cc(N3CCCCC3)c2)cn1. The predicted molar refractivity (Wildman–Crippen MR) is 141 cm³/mol. The van der Waals surface area contributed by atoms with E-state index >= 15 is 0 Å². The van der Waals surface area contributed by atoms with E-state index in [0.29, 0.717) is 37.0 Å². The summed E-state index contributed by atoms with van der Waals surface area (Å²) in [5, 5.41) is 3.95. The summed E-state index contributed by atoms with van der Waals surface area (Å²) in [5.41, 5.74) is 7.96. The largest absolute Gasteiger partial charge is 0.378 e. The maximum Gasteiger partial charge on any atom is 0.288 e. The van der Waals surface area contributed by atoms with Gasteiger partial charge in [-0.05, 0) is 49.6 Å². The van der Waals surface area contributed by atoms with E-state index in [1.54, 1.807) is 23.2 Å². The first-order chi connectivity index (χ1) is 18.0. The van der Waals surface area contributed by atoms with Gasteiger partial charge in [0.15, 0.2) is 11.6 Å². The van der Waals surface area contributed by atoms with Crippen molar-refractivity contribution in [3.63, 3.8) is 0 Å². The fourth-order valence-electron chi connectivity index (χ4n) is 4.34. The van der Waals surface area contributed by atoms with Gasteiger partial charge >= 0.3 is 0 Å². The van der Waals surface area contributed by atoms with Gasteiger partial charge < -0.3 is 19.9 Å². The van der Waals surface area contributed by atoms with Gasteiger partial charge in [0, 0.05) is 42.6 Å². The van der Waals surface area contributed by atoms with Crippen LogP contribution in [-0.4, -0.2) is 60.3 Å². The lowest BCUT2D eigenvalue weighted by Crippen LogP contribution is -2.38. The summed E-state index contributed by atoms with van der Waals surface area (Å²) in [5.74, 6) is -0.790. The number of hydrogen-bond donors (Lipinski definition) is 3. The van der Waals surface area contributed by atoms with Crippen molar-refractivity contribution in [1.29, 1.82) is 0 Å². The predicted octanol–water partition coefficient (Wildman–Crippen LogP) is 3.99. The van der Waals surface area contributed by atoms with Crippen LogP contribution in [0.5, 0.6) is 0 Å². The Morgan fingerprint density at radius 3 is 2.51 bits per heavy atom. The standard InChI is InChI=1S/C25H28ClFN8O2/c26-17-12-19(14-20(13-17)34-6-2-1-3-7-34)30-18-4-5-22(28-15-18)24(36)32-33-25-29-16-21(27)23(31-25)35-8-10-37-11-9-35/h4-5,12-16,30H,1-3,6-11H2,(H,32,36)(H,29,31,33). The Morgan fingerprint density at radius 1 is 0.946 bits per heavy atom.